The Hall–Kier alpha value is -1.33. The number of rotatable bonds is 4. The summed E-state index contributed by atoms with van der Waals surface area (Å²) >= 11 is 0. The van der Waals surface area contributed by atoms with Crippen LogP contribution in [-0.4, -0.2) is 19.6 Å². The van der Waals surface area contributed by atoms with E-state index in [9.17, 15) is 9.18 Å². The van der Waals surface area contributed by atoms with E-state index in [1.807, 2.05) is 0 Å². The number of methoxy groups -OCH3 is 1. The van der Waals surface area contributed by atoms with Gasteiger partial charge in [-0.05, 0) is 12.1 Å². The number of nitrogens with one attached hydrogen (secondary N) is 1. The molecule has 1 rings (SSSR count). The third kappa shape index (κ3) is 4.04. The van der Waals surface area contributed by atoms with Crippen molar-refractivity contribution in [3.8, 4) is 5.75 Å². The average molecular weight is 249 g/mol. The molecule has 0 aromatic heterocycles. The Morgan fingerprint density at radius 1 is 1.56 bits per heavy atom. The van der Waals surface area contributed by atoms with Crippen LogP contribution in [-0.2, 0) is 4.79 Å². The molecule has 90 valence electrons. The number of amides is 1. The Morgan fingerprint density at radius 2 is 2.25 bits per heavy atom. The minimum atomic E-state index is -0.499. The number of halogens is 2. The van der Waals surface area contributed by atoms with Crippen LogP contribution in [0.25, 0.3) is 0 Å². The van der Waals surface area contributed by atoms with Crippen molar-refractivity contribution in [1.82, 2.24) is 0 Å². The summed E-state index contributed by atoms with van der Waals surface area (Å²) < 4.78 is 18.1. The summed E-state index contributed by atoms with van der Waals surface area (Å²) in [5.74, 6) is -0.328. The van der Waals surface area contributed by atoms with Crippen LogP contribution in [0.5, 0.6) is 5.75 Å². The second-order valence-corrected chi connectivity index (χ2v) is 2.93. The van der Waals surface area contributed by atoms with Gasteiger partial charge in [0, 0.05) is 19.0 Å². The van der Waals surface area contributed by atoms with Crippen LogP contribution in [0.1, 0.15) is 6.42 Å². The zero-order valence-electron chi connectivity index (χ0n) is 8.83. The summed E-state index contributed by atoms with van der Waals surface area (Å²) in [6, 6.07) is 4.13. The SMILES string of the molecule is COc1ccc(F)c(NC(=O)CCN)c1.Cl. The van der Waals surface area contributed by atoms with E-state index in [4.69, 9.17) is 10.5 Å². The molecule has 0 fully saturated rings. The Labute approximate surface area is 99.4 Å². The van der Waals surface area contributed by atoms with Crippen molar-refractivity contribution in [3.05, 3.63) is 24.0 Å². The molecule has 0 spiro atoms. The van der Waals surface area contributed by atoms with Crippen LogP contribution >= 0.6 is 12.4 Å². The molecule has 0 aliphatic heterocycles. The van der Waals surface area contributed by atoms with E-state index in [2.05, 4.69) is 5.32 Å². The first-order valence-electron chi connectivity index (χ1n) is 4.51. The molecule has 16 heavy (non-hydrogen) atoms. The lowest BCUT2D eigenvalue weighted by Crippen LogP contribution is -2.16. The summed E-state index contributed by atoms with van der Waals surface area (Å²) in [7, 11) is 1.47. The molecule has 0 aliphatic rings. The van der Waals surface area contributed by atoms with E-state index in [1.165, 1.54) is 25.3 Å². The molecule has 0 saturated carbocycles. The van der Waals surface area contributed by atoms with Gasteiger partial charge in [-0.1, -0.05) is 0 Å². The quantitative estimate of drug-likeness (QED) is 0.850. The van der Waals surface area contributed by atoms with Gasteiger partial charge in [0.25, 0.3) is 0 Å². The summed E-state index contributed by atoms with van der Waals surface area (Å²) in [4.78, 5) is 11.2. The second-order valence-electron chi connectivity index (χ2n) is 2.93. The molecule has 1 aromatic rings. The van der Waals surface area contributed by atoms with Gasteiger partial charge in [0.15, 0.2) is 0 Å². The van der Waals surface area contributed by atoms with Gasteiger partial charge in [0.2, 0.25) is 5.91 Å². The molecular weight excluding hydrogens is 235 g/mol. The third-order valence-corrected chi connectivity index (χ3v) is 1.82. The highest BCUT2D eigenvalue weighted by Crippen LogP contribution is 2.20. The zero-order valence-corrected chi connectivity index (χ0v) is 9.64. The number of carbonyl (C=O) groups excluding carboxylic acids is 1. The molecule has 4 nitrogen and oxygen atoms in total. The van der Waals surface area contributed by atoms with Crippen molar-refractivity contribution in [1.29, 1.82) is 0 Å². The lowest BCUT2D eigenvalue weighted by atomic mass is 10.2. The highest BCUT2D eigenvalue weighted by Gasteiger charge is 2.07. The first-order chi connectivity index (χ1) is 7.17. The van der Waals surface area contributed by atoms with E-state index in [0.717, 1.165) is 0 Å². The van der Waals surface area contributed by atoms with Crippen molar-refractivity contribution in [3.63, 3.8) is 0 Å². The van der Waals surface area contributed by atoms with Crippen molar-refractivity contribution in [2.45, 2.75) is 6.42 Å². The Morgan fingerprint density at radius 3 is 2.81 bits per heavy atom. The lowest BCUT2D eigenvalue weighted by Gasteiger charge is -2.07. The molecule has 0 atom stereocenters. The number of ether oxygens (including phenoxy) is 1. The minimum absolute atomic E-state index is 0. The van der Waals surface area contributed by atoms with E-state index in [1.54, 1.807) is 0 Å². The highest BCUT2D eigenvalue weighted by atomic mass is 35.5. The first-order valence-corrected chi connectivity index (χ1v) is 4.51. The van der Waals surface area contributed by atoms with E-state index in [0.29, 0.717) is 5.75 Å². The van der Waals surface area contributed by atoms with Gasteiger partial charge >= 0.3 is 0 Å². The minimum Gasteiger partial charge on any atom is -0.497 e. The van der Waals surface area contributed by atoms with Crippen LogP contribution < -0.4 is 15.8 Å². The molecule has 0 radical (unpaired) electrons. The Bertz CT molecular complexity index is 361. The first kappa shape index (κ1) is 14.7. The number of benzene rings is 1. The van der Waals surface area contributed by atoms with Gasteiger partial charge in [0.05, 0.1) is 12.8 Å². The van der Waals surface area contributed by atoms with Gasteiger partial charge in [0.1, 0.15) is 11.6 Å². The number of carbonyl (C=O) groups is 1. The van der Waals surface area contributed by atoms with Gasteiger partial charge in [-0.3, -0.25) is 4.79 Å². The summed E-state index contributed by atoms with van der Waals surface area (Å²) in [6.07, 6.45) is 0.163. The molecule has 1 aromatic carbocycles. The van der Waals surface area contributed by atoms with Gasteiger partial charge in [-0.15, -0.1) is 12.4 Å². The van der Waals surface area contributed by atoms with E-state index in [-0.39, 0.29) is 37.0 Å². The fourth-order valence-electron chi connectivity index (χ4n) is 1.07. The van der Waals surface area contributed by atoms with Crippen LogP contribution in [0.15, 0.2) is 18.2 Å². The van der Waals surface area contributed by atoms with Crippen LogP contribution in [0.4, 0.5) is 10.1 Å². The molecule has 0 bridgehead atoms. The molecule has 0 aliphatic carbocycles. The zero-order chi connectivity index (χ0) is 11.3. The Kier molecular flexibility index (Phi) is 6.44. The normalized spacial score (nSPS) is 9.19. The summed E-state index contributed by atoms with van der Waals surface area (Å²) in [6.45, 7) is 0.234. The van der Waals surface area contributed by atoms with Crippen LogP contribution in [0.2, 0.25) is 0 Å². The molecule has 0 unspecified atom stereocenters. The third-order valence-electron chi connectivity index (χ3n) is 1.82. The van der Waals surface area contributed by atoms with Crippen molar-refractivity contribution >= 4 is 24.0 Å². The standard InChI is InChI=1S/C10H13FN2O2.ClH/c1-15-7-2-3-8(11)9(6-7)13-10(14)4-5-12;/h2-3,6H,4-5,12H2,1H3,(H,13,14);1H. The predicted octanol–water partition coefficient (Wildman–Crippen LogP) is 1.54. The molecule has 6 heteroatoms. The van der Waals surface area contributed by atoms with E-state index < -0.39 is 5.82 Å². The molecular formula is C10H14ClFN2O2. The fourth-order valence-corrected chi connectivity index (χ4v) is 1.07. The number of hydrogen-bond donors (Lipinski definition) is 2. The smallest absolute Gasteiger partial charge is 0.225 e. The maximum absolute atomic E-state index is 13.2. The predicted molar refractivity (Wildman–Crippen MR) is 62.5 cm³/mol. The van der Waals surface area contributed by atoms with Gasteiger partial charge in [-0.25, -0.2) is 4.39 Å². The molecule has 0 heterocycles. The number of nitrogens with two attached hydrogens (primary N) is 1. The fraction of sp³-hybridized carbons (Fsp3) is 0.300. The molecule has 3 N–H and O–H groups in total. The Balaban J connectivity index is 0.00000225. The molecule has 0 saturated heterocycles. The number of hydrogen-bond acceptors (Lipinski definition) is 3. The van der Waals surface area contributed by atoms with Gasteiger partial charge < -0.3 is 15.8 Å². The van der Waals surface area contributed by atoms with Crippen molar-refractivity contribution in [2.24, 2.45) is 5.73 Å². The summed E-state index contributed by atoms with van der Waals surface area (Å²) in [5, 5.41) is 2.41. The van der Waals surface area contributed by atoms with Crippen molar-refractivity contribution in [2.75, 3.05) is 19.0 Å². The van der Waals surface area contributed by atoms with Crippen LogP contribution in [0.3, 0.4) is 0 Å². The molecule has 1 amide bonds. The highest BCUT2D eigenvalue weighted by molar-refractivity contribution is 5.91. The number of anilines is 1. The van der Waals surface area contributed by atoms with Gasteiger partial charge in [-0.2, -0.15) is 0 Å². The topological polar surface area (TPSA) is 64.3 Å². The maximum atomic E-state index is 13.2. The second kappa shape index (κ2) is 7.03. The largest absolute Gasteiger partial charge is 0.497 e. The van der Waals surface area contributed by atoms with Crippen LogP contribution in [0, 0.1) is 5.82 Å². The lowest BCUT2D eigenvalue weighted by molar-refractivity contribution is -0.116. The summed E-state index contributed by atoms with van der Waals surface area (Å²) in [5.41, 5.74) is 5.30. The average Bonchev–Trinajstić information content (AvgIpc) is 2.21. The van der Waals surface area contributed by atoms with Crippen molar-refractivity contribution < 1.29 is 13.9 Å². The maximum Gasteiger partial charge on any atom is 0.225 e. The monoisotopic (exact) mass is 248 g/mol. The van der Waals surface area contributed by atoms with E-state index >= 15 is 0 Å².